The molecule has 0 radical (unpaired) electrons. The lowest BCUT2D eigenvalue weighted by molar-refractivity contribution is -0.150. The molecule has 3 aliphatic heterocycles. The van der Waals surface area contributed by atoms with E-state index in [-0.39, 0.29) is 60.2 Å². The van der Waals surface area contributed by atoms with Gasteiger partial charge in [-0.15, -0.1) is 0 Å². The van der Waals surface area contributed by atoms with E-state index in [4.69, 9.17) is 14.2 Å². The first kappa shape index (κ1) is 37.1. The van der Waals surface area contributed by atoms with Gasteiger partial charge in [-0.2, -0.15) is 0 Å². The summed E-state index contributed by atoms with van der Waals surface area (Å²) in [6.45, 7) is 7.49. The van der Waals surface area contributed by atoms with Crippen molar-refractivity contribution < 1.29 is 28.9 Å². The first-order valence-electron chi connectivity index (χ1n) is 18.1. The van der Waals surface area contributed by atoms with Crippen molar-refractivity contribution in [3.8, 4) is 17.2 Å². The predicted molar refractivity (Wildman–Crippen MR) is 210 cm³/mol. The van der Waals surface area contributed by atoms with Crippen molar-refractivity contribution in [2.24, 2.45) is 5.92 Å². The Bertz CT molecular complexity index is 2090. The standard InChI is InChI=1S/C41H46BrN3O7Si/c1-26-38(53(4,5)32-16-14-31(50-2)15-17-32)36(23-37(47)43-19-7-11-30(43)25-46)52-41(26)33-22-28(42)13-18-34(33)45(40(41)49)24-27-9-6-10-29(21-27)44-20-8-12-35(51-3)39(44)48/h6,8-10,12-18,20-22,26,30,36,38,46H,7,11,19,23-25H2,1-5H3/t26-,30-,36+,38-,41+/m0/s1. The molecule has 53 heavy (non-hydrogen) atoms. The summed E-state index contributed by atoms with van der Waals surface area (Å²) in [7, 11) is 0.641. The van der Waals surface area contributed by atoms with Gasteiger partial charge in [-0.25, -0.2) is 0 Å². The molecule has 0 aliphatic carbocycles. The van der Waals surface area contributed by atoms with Gasteiger partial charge in [0.15, 0.2) is 11.4 Å². The molecule has 0 bridgehead atoms. The largest absolute Gasteiger partial charge is 0.497 e. The minimum Gasteiger partial charge on any atom is -0.497 e. The van der Waals surface area contributed by atoms with Crippen molar-refractivity contribution in [1.29, 1.82) is 0 Å². The number of ether oxygens (including phenoxy) is 3. The lowest BCUT2D eigenvalue weighted by atomic mass is 9.82. The third-order valence-corrected chi connectivity index (χ3v) is 16.6. The Morgan fingerprint density at radius 1 is 1.02 bits per heavy atom. The van der Waals surface area contributed by atoms with Gasteiger partial charge in [0.1, 0.15) is 5.75 Å². The van der Waals surface area contributed by atoms with Crippen LogP contribution in [0.15, 0.2) is 94.3 Å². The first-order chi connectivity index (χ1) is 25.4. The van der Waals surface area contributed by atoms with E-state index in [0.717, 1.165) is 39.9 Å². The maximum absolute atomic E-state index is 15.3. The molecule has 4 aromatic rings. The molecule has 3 aromatic carbocycles. The van der Waals surface area contributed by atoms with Gasteiger partial charge in [-0.3, -0.25) is 19.0 Å². The van der Waals surface area contributed by atoms with Crippen molar-refractivity contribution >= 4 is 46.7 Å². The summed E-state index contributed by atoms with van der Waals surface area (Å²) in [6.07, 6.45) is 2.89. The zero-order valence-corrected chi connectivity index (χ0v) is 33.3. The molecule has 5 atom stereocenters. The van der Waals surface area contributed by atoms with Gasteiger partial charge >= 0.3 is 0 Å². The molecule has 2 fully saturated rings. The molecule has 0 saturated carbocycles. The molecule has 12 heteroatoms. The summed E-state index contributed by atoms with van der Waals surface area (Å²) in [6, 6.07) is 24.8. The van der Waals surface area contributed by atoms with E-state index in [1.165, 1.54) is 16.9 Å². The number of hydrogen-bond acceptors (Lipinski definition) is 7. The van der Waals surface area contributed by atoms with Crippen molar-refractivity contribution in [3.05, 3.63) is 111 Å². The Labute approximate surface area is 319 Å². The third kappa shape index (κ3) is 6.33. The molecule has 1 N–H and O–H groups in total. The molecule has 1 aromatic heterocycles. The summed E-state index contributed by atoms with van der Waals surface area (Å²) in [5.41, 5.74) is 1.29. The molecule has 2 saturated heterocycles. The maximum Gasteiger partial charge on any atom is 0.297 e. The highest BCUT2D eigenvalue weighted by molar-refractivity contribution is 9.10. The number of aliphatic hydroxyl groups is 1. The Morgan fingerprint density at radius 2 is 1.79 bits per heavy atom. The smallest absolute Gasteiger partial charge is 0.297 e. The Morgan fingerprint density at radius 3 is 2.51 bits per heavy atom. The number of halogens is 1. The van der Waals surface area contributed by atoms with Gasteiger partial charge < -0.3 is 29.1 Å². The van der Waals surface area contributed by atoms with Crippen LogP contribution in [-0.2, 0) is 26.5 Å². The monoisotopic (exact) mass is 799 g/mol. The molecule has 3 aliphatic rings. The fraction of sp³-hybridized carbons (Fsp3) is 0.390. The van der Waals surface area contributed by atoms with Gasteiger partial charge in [-0.05, 0) is 78.5 Å². The van der Waals surface area contributed by atoms with Crippen LogP contribution in [-0.4, -0.2) is 74.0 Å². The van der Waals surface area contributed by atoms with E-state index in [0.29, 0.717) is 12.2 Å². The molecular weight excluding hydrogens is 754 g/mol. The van der Waals surface area contributed by atoms with Crippen LogP contribution in [0.1, 0.15) is 37.3 Å². The normalized spacial score (nSPS) is 23.9. The second-order valence-electron chi connectivity index (χ2n) is 14.9. The lowest BCUT2D eigenvalue weighted by Crippen LogP contribution is -2.52. The number of aromatic nitrogens is 1. The van der Waals surface area contributed by atoms with Gasteiger partial charge in [0.05, 0.1) is 59.7 Å². The summed E-state index contributed by atoms with van der Waals surface area (Å²) >= 11 is 3.68. The maximum atomic E-state index is 15.3. The highest BCUT2D eigenvalue weighted by Gasteiger charge is 2.66. The molecule has 7 rings (SSSR count). The van der Waals surface area contributed by atoms with Crippen molar-refractivity contribution in [2.75, 3.05) is 32.3 Å². The number of anilines is 1. The predicted octanol–water partition coefficient (Wildman–Crippen LogP) is 5.75. The number of methoxy groups -OCH3 is 2. The van der Waals surface area contributed by atoms with Crippen LogP contribution in [0.25, 0.3) is 5.69 Å². The fourth-order valence-corrected chi connectivity index (χ4v) is 13.5. The van der Waals surface area contributed by atoms with Crippen LogP contribution >= 0.6 is 15.9 Å². The number of hydrogen-bond donors (Lipinski definition) is 1. The van der Waals surface area contributed by atoms with E-state index in [1.807, 2.05) is 54.6 Å². The van der Waals surface area contributed by atoms with E-state index in [2.05, 4.69) is 48.1 Å². The summed E-state index contributed by atoms with van der Waals surface area (Å²) in [4.78, 5) is 46.0. The van der Waals surface area contributed by atoms with Crippen LogP contribution in [0.5, 0.6) is 11.5 Å². The number of amides is 2. The van der Waals surface area contributed by atoms with Gasteiger partial charge in [0.2, 0.25) is 5.91 Å². The number of rotatable bonds is 10. The quantitative estimate of drug-likeness (QED) is 0.204. The second-order valence-corrected chi connectivity index (χ2v) is 20.5. The van der Waals surface area contributed by atoms with Crippen molar-refractivity contribution in [3.63, 3.8) is 0 Å². The minimum absolute atomic E-state index is 0.0540. The molecule has 0 unspecified atom stereocenters. The van der Waals surface area contributed by atoms with Crippen LogP contribution in [0.4, 0.5) is 5.69 Å². The van der Waals surface area contributed by atoms with Crippen LogP contribution in [0.3, 0.4) is 0 Å². The van der Waals surface area contributed by atoms with Crippen LogP contribution in [0, 0.1) is 5.92 Å². The number of fused-ring (bicyclic) bond motifs is 2. The molecule has 2 amide bonds. The second kappa shape index (κ2) is 14.5. The number of likely N-dealkylation sites (tertiary alicyclic amines) is 1. The molecule has 10 nitrogen and oxygen atoms in total. The van der Waals surface area contributed by atoms with E-state index in [1.54, 1.807) is 35.2 Å². The van der Waals surface area contributed by atoms with Crippen molar-refractivity contribution in [2.45, 2.75) is 69.1 Å². The van der Waals surface area contributed by atoms with E-state index in [9.17, 15) is 14.7 Å². The third-order valence-electron chi connectivity index (χ3n) is 11.7. The van der Waals surface area contributed by atoms with Gasteiger partial charge in [-0.1, -0.05) is 65.4 Å². The lowest BCUT2D eigenvalue weighted by Gasteiger charge is -2.37. The zero-order valence-electron chi connectivity index (χ0n) is 30.8. The number of pyridine rings is 1. The number of nitrogens with zero attached hydrogens (tertiary/aromatic N) is 3. The Balaban J connectivity index is 1.29. The average Bonchev–Trinajstić information content (AvgIpc) is 3.82. The highest BCUT2D eigenvalue weighted by atomic mass is 79.9. The summed E-state index contributed by atoms with van der Waals surface area (Å²) < 4.78 is 20.3. The molecular formula is C41H46BrN3O7Si. The number of aliphatic hydroxyl groups excluding tert-OH is 1. The minimum atomic E-state index is -2.48. The Kier molecular flexibility index (Phi) is 10.2. The van der Waals surface area contributed by atoms with E-state index < -0.39 is 19.8 Å². The van der Waals surface area contributed by atoms with Gasteiger partial charge in [0.25, 0.3) is 11.5 Å². The van der Waals surface area contributed by atoms with E-state index >= 15 is 4.79 Å². The number of carbonyl (C=O) groups is 2. The fourth-order valence-electron chi connectivity index (χ4n) is 9.11. The van der Waals surface area contributed by atoms with Crippen LogP contribution in [0.2, 0.25) is 18.6 Å². The topological polar surface area (TPSA) is 111 Å². The molecule has 4 heterocycles. The van der Waals surface area contributed by atoms with Gasteiger partial charge in [0, 0.05) is 34.4 Å². The summed E-state index contributed by atoms with van der Waals surface area (Å²) in [5.74, 6) is 0.491. The molecule has 1 spiro atoms. The Hall–Kier alpha value is -4.23. The molecule has 278 valence electrons. The highest BCUT2D eigenvalue weighted by Crippen LogP contribution is 2.60. The number of benzene rings is 3. The first-order valence-corrected chi connectivity index (χ1v) is 22.0. The van der Waals surface area contributed by atoms with Crippen LogP contribution < -0.4 is 25.1 Å². The average molecular weight is 801 g/mol. The SMILES string of the molecule is COc1ccc([Si](C)(C)[C@@H]2[C@@H](CC(=O)N3CCC[C@H]3CO)O[C@]3(C(=O)N(Cc4cccc(-n5cccc(OC)c5=O)c4)c4ccc(Br)cc43)[C@H]2C)cc1. The summed E-state index contributed by atoms with van der Waals surface area (Å²) in [5, 5.41) is 11.2. The number of carbonyl (C=O) groups excluding carboxylic acids is 2. The zero-order chi connectivity index (χ0) is 37.7. The van der Waals surface area contributed by atoms with Crippen molar-refractivity contribution in [1.82, 2.24) is 9.47 Å².